The SMILES string of the molecule is [C-]#[N+]c1ccc(N2C(=O)C(C)(C)N(c3ccc(C(=O)N4CCC(OCCCCCOCC(=O)N[C@H](C(=O)N5C[C@H](O)C[C@H]5C(=O)NCc5ccc(-c6scnc6C)cc5)C(C)(C)C)CC4)cc3)C2=S)cc1C. The topological polar surface area (TPSA) is 178 Å². The number of nitrogens with one attached hydrogen (secondary N) is 2. The first-order valence-electron chi connectivity index (χ1n) is 24.6. The summed E-state index contributed by atoms with van der Waals surface area (Å²) in [5, 5.41) is 16.7. The molecule has 3 aliphatic heterocycles. The summed E-state index contributed by atoms with van der Waals surface area (Å²) in [5.41, 5.74) is 6.18. The van der Waals surface area contributed by atoms with Crippen molar-refractivity contribution in [2.45, 2.75) is 123 Å². The summed E-state index contributed by atoms with van der Waals surface area (Å²) in [7, 11) is 0. The fraction of sp³-hybridized carbons (Fsp3) is 0.481. The number of aryl methyl sites for hydroxylation is 2. The zero-order valence-electron chi connectivity index (χ0n) is 42.2. The third kappa shape index (κ3) is 12.4. The highest BCUT2D eigenvalue weighted by Gasteiger charge is 2.50. The van der Waals surface area contributed by atoms with Crippen LogP contribution in [0.4, 0.5) is 17.1 Å². The molecule has 0 bridgehead atoms. The Morgan fingerprint density at radius 2 is 1.65 bits per heavy atom. The molecule has 3 saturated heterocycles. The van der Waals surface area contributed by atoms with Gasteiger partial charge < -0.3 is 39.9 Å². The quantitative estimate of drug-likeness (QED) is 0.0511. The van der Waals surface area contributed by atoms with Gasteiger partial charge in [-0.15, -0.1) is 11.3 Å². The first-order valence-corrected chi connectivity index (χ1v) is 25.9. The van der Waals surface area contributed by atoms with Gasteiger partial charge in [-0.2, -0.15) is 0 Å². The number of aliphatic hydroxyl groups excluding tert-OH is 1. The Kier molecular flexibility index (Phi) is 17.3. The van der Waals surface area contributed by atoms with Crippen molar-refractivity contribution in [2.24, 2.45) is 5.41 Å². The zero-order valence-corrected chi connectivity index (χ0v) is 43.9. The summed E-state index contributed by atoms with van der Waals surface area (Å²) in [5.74, 6) is -1.49. The number of rotatable bonds is 18. The minimum absolute atomic E-state index is 0.0118. The number of unbranched alkanes of at least 4 members (excludes halogenated alkanes) is 2. The van der Waals surface area contributed by atoms with Crippen molar-refractivity contribution >= 4 is 75.3 Å². The summed E-state index contributed by atoms with van der Waals surface area (Å²) >= 11 is 7.41. The van der Waals surface area contributed by atoms with Crippen molar-refractivity contribution < 1.29 is 38.6 Å². The molecule has 382 valence electrons. The molecule has 0 saturated carbocycles. The summed E-state index contributed by atoms with van der Waals surface area (Å²) < 4.78 is 11.9. The second-order valence-electron chi connectivity index (χ2n) is 20.4. The van der Waals surface area contributed by atoms with Crippen LogP contribution >= 0.6 is 23.6 Å². The molecule has 0 aliphatic carbocycles. The minimum Gasteiger partial charge on any atom is -0.391 e. The van der Waals surface area contributed by atoms with E-state index >= 15 is 0 Å². The van der Waals surface area contributed by atoms with Crippen molar-refractivity contribution in [3.05, 3.63) is 106 Å². The molecule has 3 fully saturated rings. The molecular formula is C54H66N8O8S2. The predicted molar refractivity (Wildman–Crippen MR) is 282 cm³/mol. The molecule has 0 spiro atoms. The molecule has 16 nitrogen and oxygen atoms in total. The Balaban J connectivity index is 0.782. The number of ether oxygens (including phenoxy) is 2. The van der Waals surface area contributed by atoms with E-state index in [0.29, 0.717) is 54.0 Å². The summed E-state index contributed by atoms with van der Waals surface area (Å²) in [6, 6.07) is 18.5. The van der Waals surface area contributed by atoms with Crippen LogP contribution in [0.15, 0.2) is 72.2 Å². The molecule has 5 amide bonds. The van der Waals surface area contributed by atoms with E-state index in [1.807, 2.05) is 95.3 Å². The second kappa shape index (κ2) is 23.2. The average molecular weight is 1020 g/mol. The molecule has 1 aromatic heterocycles. The normalized spacial score (nSPS) is 18.6. The third-order valence-electron chi connectivity index (χ3n) is 13.6. The lowest BCUT2D eigenvalue weighted by atomic mass is 9.85. The lowest BCUT2D eigenvalue weighted by molar-refractivity contribution is -0.144. The number of likely N-dealkylation sites (tertiary alicyclic amines) is 2. The van der Waals surface area contributed by atoms with E-state index in [9.17, 15) is 29.1 Å². The third-order valence-corrected chi connectivity index (χ3v) is 14.9. The number of hydrogen-bond acceptors (Lipinski definition) is 11. The highest BCUT2D eigenvalue weighted by atomic mass is 32.1. The standard InChI is InChI=1S/C54H66N8O8S2/c1-34-28-40(20-21-43(34)55-8)61-51(68)54(6,7)62(52(61)71)39-18-16-38(17-19-39)49(66)59-24-22-42(23-25-59)70-27-11-9-10-26-69-32-45(64)58-47(53(3,4)5)50(67)60-31-41(63)29-44(60)48(65)56-30-36-12-14-37(15-13-36)46-35(2)57-33-72-46/h12-21,28,33,41-42,44,47,63H,9-11,22-27,29-32H2,1-7H3,(H,56,65)(H,58,64)/t41-,44+,47-/m1/s1. The number of benzene rings is 3. The number of piperidine rings is 1. The Labute approximate surface area is 431 Å². The van der Waals surface area contributed by atoms with E-state index in [4.69, 9.17) is 28.3 Å². The fourth-order valence-corrected chi connectivity index (χ4v) is 10.7. The summed E-state index contributed by atoms with van der Waals surface area (Å²) in [6.07, 6.45) is 3.08. The molecule has 4 heterocycles. The highest BCUT2D eigenvalue weighted by Crippen LogP contribution is 2.38. The largest absolute Gasteiger partial charge is 0.391 e. The summed E-state index contributed by atoms with van der Waals surface area (Å²) in [4.78, 5) is 83.2. The van der Waals surface area contributed by atoms with Gasteiger partial charge >= 0.3 is 0 Å². The minimum atomic E-state index is -0.974. The number of thiazole rings is 1. The Bertz CT molecular complexity index is 2670. The fourth-order valence-electron chi connectivity index (χ4n) is 9.40. The van der Waals surface area contributed by atoms with Gasteiger partial charge in [0.25, 0.3) is 11.8 Å². The van der Waals surface area contributed by atoms with Crippen LogP contribution < -0.4 is 20.4 Å². The maximum atomic E-state index is 14.0. The van der Waals surface area contributed by atoms with Gasteiger partial charge in [0.15, 0.2) is 10.8 Å². The van der Waals surface area contributed by atoms with E-state index in [0.717, 1.165) is 59.4 Å². The molecule has 7 rings (SSSR count). The van der Waals surface area contributed by atoms with E-state index < -0.39 is 41.0 Å². The zero-order chi connectivity index (χ0) is 51.9. The van der Waals surface area contributed by atoms with Crippen molar-refractivity contribution in [1.29, 1.82) is 0 Å². The van der Waals surface area contributed by atoms with Gasteiger partial charge in [0.2, 0.25) is 17.7 Å². The van der Waals surface area contributed by atoms with Gasteiger partial charge in [-0.3, -0.25) is 28.9 Å². The van der Waals surface area contributed by atoms with E-state index in [-0.39, 0.29) is 49.9 Å². The molecular weight excluding hydrogens is 953 g/mol. The number of aliphatic hydroxyl groups is 1. The number of β-amino-alcohol motifs (C(OH)–C–C–N with tert-alkyl or cyclic N) is 1. The Morgan fingerprint density at radius 1 is 0.972 bits per heavy atom. The number of nitrogens with zero attached hydrogens (tertiary/aromatic N) is 6. The van der Waals surface area contributed by atoms with Gasteiger partial charge in [0, 0.05) is 62.8 Å². The molecule has 0 radical (unpaired) electrons. The highest BCUT2D eigenvalue weighted by molar-refractivity contribution is 7.81. The summed E-state index contributed by atoms with van der Waals surface area (Å²) in [6.45, 7) is 22.4. The van der Waals surface area contributed by atoms with Crippen LogP contribution in [0.2, 0.25) is 0 Å². The number of aromatic nitrogens is 1. The second-order valence-corrected chi connectivity index (χ2v) is 21.6. The Hall–Kier alpha value is -6.10. The van der Waals surface area contributed by atoms with Crippen LogP contribution in [0.3, 0.4) is 0 Å². The number of amides is 5. The van der Waals surface area contributed by atoms with Crippen molar-refractivity contribution in [1.82, 2.24) is 25.4 Å². The molecule has 3 aromatic carbocycles. The number of carbonyl (C=O) groups is 5. The maximum Gasteiger partial charge on any atom is 0.259 e. The monoisotopic (exact) mass is 1020 g/mol. The van der Waals surface area contributed by atoms with Gasteiger partial charge in [0.05, 0.1) is 34.9 Å². The van der Waals surface area contributed by atoms with Crippen LogP contribution in [0.1, 0.15) is 100 Å². The van der Waals surface area contributed by atoms with Crippen molar-refractivity contribution in [3.8, 4) is 10.4 Å². The number of carbonyl (C=O) groups excluding carboxylic acids is 5. The van der Waals surface area contributed by atoms with Gasteiger partial charge in [-0.1, -0.05) is 51.1 Å². The average Bonchev–Trinajstić information content (AvgIpc) is 4.02. The maximum absolute atomic E-state index is 14.0. The van der Waals surface area contributed by atoms with E-state index in [1.165, 1.54) is 9.80 Å². The lowest BCUT2D eigenvalue weighted by Gasteiger charge is -2.35. The van der Waals surface area contributed by atoms with E-state index in [2.05, 4.69) is 20.5 Å². The smallest absolute Gasteiger partial charge is 0.259 e. The molecule has 18 heteroatoms. The molecule has 3 N–H and O–H groups in total. The number of thiocarbonyl (C=S) groups is 1. The number of anilines is 2. The molecule has 0 unspecified atom stereocenters. The first kappa shape index (κ1) is 53.7. The first-order chi connectivity index (χ1) is 34.3. The van der Waals surface area contributed by atoms with Crippen LogP contribution in [-0.2, 0) is 35.2 Å². The Morgan fingerprint density at radius 3 is 2.29 bits per heavy atom. The van der Waals surface area contributed by atoms with E-state index in [1.54, 1.807) is 46.6 Å². The lowest BCUT2D eigenvalue weighted by Crippen LogP contribution is -2.58. The molecule has 4 aromatic rings. The van der Waals surface area contributed by atoms with Crippen LogP contribution in [0, 0.1) is 25.8 Å². The van der Waals surface area contributed by atoms with Crippen LogP contribution in [-0.4, -0.2) is 124 Å². The predicted octanol–water partition coefficient (Wildman–Crippen LogP) is 7.51. The molecule has 72 heavy (non-hydrogen) atoms. The van der Waals surface area contributed by atoms with Crippen LogP contribution in [0.25, 0.3) is 15.3 Å². The van der Waals surface area contributed by atoms with Crippen molar-refractivity contribution in [3.63, 3.8) is 0 Å². The number of hydrogen-bond donors (Lipinski definition) is 3. The van der Waals surface area contributed by atoms with Gasteiger partial charge in [-0.25, -0.2) is 9.83 Å². The van der Waals surface area contributed by atoms with Crippen LogP contribution in [0.5, 0.6) is 0 Å². The van der Waals surface area contributed by atoms with Gasteiger partial charge in [0.1, 0.15) is 24.2 Å². The van der Waals surface area contributed by atoms with Crippen molar-refractivity contribution in [2.75, 3.05) is 49.3 Å². The van der Waals surface area contributed by atoms with Gasteiger partial charge in [-0.05, 0) is 131 Å². The molecule has 3 aliphatic rings. The molecule has 3 atom stereocenters.